The highest BCUT2D eigenvalue weighted by Gasteiger charge is 2.43. The molecule has 0 spiro atoms. The minimum absolute atomic E-state index is 0.0133. The minimum Gasteiger partial charge on any atom is -0.395 e. The predicted molar refractivity (Wildman–Crippen MR) is 73.3 cm³/mol. The summed E-state index contributed by atoms with van der Waals surface area (Å²) >= 11 is 0. The Morgan fingerprint density at radius 3 is 2.67 bits per heavy atom. The average Bonchev–Trinajstić information content (AvgIpc) is 2.85. The van der Waals surface area contributed by atoms with Gasteiger partial charge in [0.2, 0.25) is 5.95 Å². The Morgan fingerprint density at radius 2 is 1.95 bits per heavy atom. The second-order valence-electron chi connectivity index (χ2n) is 5.17. The number of aromatic nitrogens is 2. The number of nitrogens with one attached hydrogen (secondary N) is 1. The lowest BCUT2D eigenvalue weighted by atomic mass is 10.2. The van der Waals surface area contributed by atoms with Crippen LogP contribution in [0.1, 0.15) is 19.5 Å². The fraction of sp³-hybridized carbons (Fsp3) is 0.357. The maximum atomic E-state index is 13.1. The van der Waals surface area contributed by atoms with Gasteiger partial charge in [-0.2, -0.15) is 0 Å². The number of hydrogen-bond acceptors (Lipinski definition) is 4. The highest BCUT2D eigenvalue weighted by molar-refractivity contribution is 5.53. The molecule has 0 saturated heterocycles. The highest BCUT2D eigenvalue weighted by Crippen LogP contribution is 2.42. The molecule has 2 aromatic rings. The molecule has 0 bridgehead atoms. The summed E-state index contributed by atoms with van der Waals surface area (Å²) in [6.07, 6.45) is -1.79. The number of alkyl halides is 2. The Balaban J connectivity index is 1.99. The van der Waals surface area contributed by atoms with E-state index < -0.39 is 6.29 Å². The molecule has 3 rings (SSSR count). The molecule has 0 saturated carbocycles. The number of aryl methyl sites for hydroxylation is 1. The molecule has 1 aliphatic rings. The summed E-state index contributed by atoms with van der Waals surface area (Å²) in [5, 5.41) is 3.21. The second kappa shape index (κ2) is 4.61. The number of rotatable bonds is 3. The molecular weight excluding hydrogens is 280 g/mol. The Morgan fingerprint density at radius 1 is 1.24 bits per heavy atom. The zero-order valence-corrected chi connectivity index (χ0v) is 11.9. The topological polar surface area (TPSA) is 48.3 Å². The van der Waals surface area contributed by atoms with Gasteiger partial charge in [-0.15, -0.1) is 8.78 Å². The molecular formula is C14H15F2N3O2. The van der Waals surface area contributed by atoms with Crippen molar-refractivity contribution in [2.24, 2.45) is 0 Å². The zero-order valence-electron chi connectivity index (χ0n) is 11.9. The molecule has 0 atom stereocenters. The van der Waals surface area contributed by atoms with E-state index in [-0.39, 0.29) is 17.5 Å². The largest absolute Gasteiger partial charge is 0.586 e. The van der Waals surface area contributed by atoms with Gasteiger partial charge in [0, 0.05) is 18.3 Å². The number of halogens is 2. The van der Waals surface area contributed by atoms with Crippen molar-refractivity contribution >= 4 is 5.95 Å². The summed E-state index contributed by atoms with van der Waals surface area (Å²) in [4.78, 5) is 4.38. The number of anilines is 1. The Bertz CT molecular complexity index is 683. The number of benzene rings is 1. The van der Waals surface area contributed by atoms with E-state index >= 15 is 0 Å². The van der Waals surface area contributed by atoms with Gasteiger partial charge >= 0.3 is 6.29 Å². The first-order valence-corrected chi connectivity index (χ1v) is 6.57. The van der Waals surface area contributed by atoms with Gasteiger partial charge in [-0.3, -0.25) is 4.57 Å². The van der Waals surface area contributed by atoms with Crippen LogP contribution in [0.5, 0.6) is 11.5 Å². The van der Waals surface area contributed by atoms with E-state index in [0.717, 1.165) is 5.69 Å². The van der Waals surface area contributed by atoms with Crippen LogP contribution in [0.25, 0.3) is 5.69 Å². The molecule has 21 heavy (non-hydrogen) atoms. The summed E-state index contributed by atoms with van der Waals surface area (Å²) in [6.45, 7) is 5.85. The monoisotopic (exact) mass is 295 g/mol. The van der Waals surface area contributed by atoms with Crippen LogP contribution in [0.4, 0.5) is 14.7 Å². The van der Waals surface area contributed by atoms with Crippen LogP contribution in [0.15, 0.2) is 24.4 Å². The molecule has 0 fully saturated rings. The third kappa shape index (κ3) is 2.63. The standard InChI is InChI=1S/C14H15F2N3O2/c1-8(2)17-13-18-9(3)7-19(13)10-4-5-11-12(6-10)21-14(15,16)20-11/h4-8H,1-3H3,(H,17,18). The van der Waals surface area contributed by atoms with Crippen molar-refractivity contribution < 1.29 is 18.3 Å². The lowest BCUT2D eigenvalue weighted by Gasteiger charge is -2.12. The minimum atomic E-state index is -3.61. The van der Waals surface area contributed by atoms with Crippen molar-refractivity contribution in [1.82, 2.24) is 9.55 Å². The van der Waals surface area contributed by atoms with Crippen molar-refractivity contribution in [2.75, 3.05) is 5.32 Å². The Kier molecular flexibility index (Phi) is 3.00. The van der Waals surface area contributed by atoms with Gasteiger partial charge in [0.05, 0.1) is 11.4 Å². The first kappa shape index (κ1) is 13.7. The first-order chi connectivity index (χ1) is 9.84. The SMILES string of the molecule is Cc1cn(-c2ccc3c(c2)OC(F)(F)O3)c(NC(C)C)n1. The van der Waals surface area contributed by atoms with Gasteiger partial charge in [0.15, 0.2) is 11.5 Å². The number of imidazole rings is 1. The number of hydrogen-bond donors (Lipinski definition) is 1. The van der Waals surface area contributed by atoms with Crippen LogP contribution < -0.4 is 14.8 Å². The zero-order chi connectivity index (χ0) is 15.2. The molecule has 1 N–H and O–H groups in total. The first-order valence-electron chi connectivity index (χ1n) is 6.57. The molecule has 5 nitrogen and oxygen atoms in total. The normalized spacial score (nSPS) is 15.5. The summed E-state index contributed by atoms with van der Waals surface area (Å²) in [5.74, 6) is 0.687. The lowest BCUT2D eigenvalue weighted by Crippen LogP contribution is -2.25. The van der Waals surface area contributed by atoms with Crippen LogP contribution in [0.2, 0.25) is 0 Å². The molecule has 1 aromatic carbocycles. The summed E-state index contributed by atoms with van der Waals surface area (Å²) in [5.41, 5.74) is 1.49. The van der Waals surface area contributed by atoms with Crippen LogP contribution in [0, 0.1) is 6.92 Å². The molecule has 0 radical (unpaired) electrons. The van der Waals surface area contributed by atoms with Crippen molar-refractivity contribution in [2.45, 2.75) is 33.1 Å². The van der Waals surface area contributed by atoms with E-state index in [0.29, 0.717) is 11.6 Å². The highest BCUT2D eigenvalue weighted by atomic mass is 19.3. The van der Waals surface area contributed by atoms with E-state index in [1.807, 2.05) is 27.0 Å². The van der Waals surface area contributed by atoms with E-state index in [1.54, 1.807) is 10.6 Å². The molecule has 0 aliphatic carbocycles. The fourth-order valence-electron chi connectivity index (χ4n) is 2.14. The molecule has 112 valence electrons. The van der Waals surface area contributed by atoms with Crippen molar-refractivity contribution in [3.8, 4) is 17.2 Å². The molecule has 1 aromatic heterocycles. The quantitative estimate of drug-likeness (QED) is 0.943. The number of nitrogens with zero attached hydrogens (tertiary/aromatic N) is 2. The molecule has 0 amide bonds. The molecule has 2 heterocycles. The van der Waals surface area contributed by atoms with Crippen LogP contribution in [-0.4, -0.2) is 21.9 Å². The van der Waals surface area contributed by atoms with Gasteiger partial charge in [-0.05, 0) is 32.9 Å². The number of fused-ring (bicyclic) bond motifs is 1. The van der Waals surface area contributed by atoms with E-state index in [9.17, 15) is 8.78 Å². The predicted octanol–water partition coefficient (Wildman–Crippen LogP) is 3.32. The molecule has 7 heteroatoms. The van der Waals surface area contributed by atoms with Gasteiger partial charge in [0.25, 0.3) is 0 Å². The van der Waals surface area contributed by atoms with Crippen molar-refractivity contribution in [1.29, 1.82) is 0 Å². The maximum absolute atomic E-state index is 13.1. The van der Waals surface area contributed by atoms with E-state index in [2.05, 4.69) is 19.8 Å². The van der Waals surface area contributed by atoms with Crippen molar-refractivity contribution in [3.63, 3.8) is 0 Å². The third-order valence-corrected chi connectivity index (χ3v) is 2.91. The van der Waals surface area contributed by atoms with E-state index in [1.165, 1.54) is 12.1 Å². The van der Waals surface area contributed by atoms with Crippen molar-refractivity contribution in [3.05, 3.63) is 30.1 Å². The summed E-state index contributed by atoms with van der Waals surface area (Å²) < 4.78 is 36.8. The number of ether oxygens (including phenoxy) is 2. The van der Waals surface area contributed by atoms with E-state index in [4.69, 9.17) is 0 Å². The van der Waals surface area contributed by atoms with Gasteiger partial charge in [-0.1, -0.05) is 0 Å². The lowest BCUT2D eigenvalue weighted by molar-refractivity contribution is -0.286. The van der Waals surface area contributed by atoms with Gasteiger partial charge in [0.1, 0.15) is 0 Å². The third-order valence-electron chi connectivity index (χ3n) is 2.91. The molecule has 0 unspecified atom stereocenters. The van der Waals surface area contributed by atoms with Crippen LogP contribution >= 0.6 is 0 Å². The Labute approximate surface area is 120 Å². The van der Waals surface area contributed by atoms with Gasteiger partial charge < -0.3 is 14.8 Å². The maximum Gasteiger partial charge on any atom is 0.586 e. The smallest absolute Gasteiger partial charge is 0.395 e. The average molecular weight is 295 g/mol. The summed E-state index contributed by atoms with van der Waals surface area (Å²) in [6, 6.07) is 4.84. The van der Waals surface area contributed by atoms with Crippen LogP contribution in [0.3, 0.4) is 0 Å². The Hall–Kier alpha value is -2.31. The van der Waals surface area contributed by atoms with Gasteiger partial charge in [-0.25, -0.2) is 4.98 Å². The second-order valence-corrected chi connectivity index (χ2v) is 5.17. The summed E-state index contributed by atoms with van der Waals surface area (Å²) in [7, 11) is 0. The fourth-order valence-corrected chi connectivity index (χ4v) is 2.14. The molecule has 1 aliphatic heterocycles. The van der Waals surface area contributed by atoms with Crippen LogP contribution in [-0.2, 0) is 0 Å².